The number of carbonyl (C=O) groups is 1. The lowest BCUT2D eigenvalue weighted by atomic mass is 9.93. The Morgan fingerprint density at radius 3 is 2.73 bits per heavy atom. The molecule has 9 heteroatoms. The molecule has 1 atom stereocenters. The van der Waals surface area contributed by atoms with Crippen LogP contribution in [-0.2, 0) is 10.2 Å². The zero-order valence-electron chi connectivity index (χ0n) is 14.6. The molecule has 1 aromatic carbocycles. The number of nitrogens with one attached hydrogen (secondary N) is 1. The highest BCUT2D eigenvalue weighted by Gasteiger charge is 2.31. The molecule has 26 heavy (non-hydrogen) atoms. The fourth-order valence-electron chi connectivity index (χ4n) is 3.23. The summed E-state index contributed by atoms with van der Waals surface area (Å²) in [6.45, 7) is 2.98. The number of nitrogens with zero attached hydrogens (tertiary/aromatic N) is 3. The number of amides is 1. The average molecular weight is 377 g/mol. The molecule has 0 spiro atoms. The predicted molar refractivity (Wildman–Crippen MR) is 98.2 cm³/mol. The summed E-state index contributed by atoms with van der Waals surface area (Å²) in [6.07, 6.45) is 3.13. The van der Waals surface area contributed by atoms with Gasteiger partial charge in [-0.1, -0.05) is 18.2 Å². The Morgan fingerprint density at radius 2 is 2.08 bits per heavy atom. The van der Waals surface area contributed by atoms with Crippen molar-refractivity contribution in [3.8, 4) is 5.69 Å². The van der Waals surface area contributed by atoms with Crippen molar-refractivity contribution in [1.82, 2.24) is 19.4 Å². The second-order valence-corrected chi connectivity index (χ2v) is 7.86. The Hall–Kier alpha value is -2.23. The van der Waals surface area contributed by atoms with Crippen LogP contribution in [0, 0.1) is 0 Å². The molecule has 2 heterocycles. The van der Waals surface area contributed by atoms with Gasteiger partial charge < -0.3 is 5.32 Å². The zero-order chi connectivity index (χ0) is 18.7. The lowest BCUT2D eigenvalue weighted by Gasteiger charge is -2.30. The fraction of sp³-hybridized carbons (Fsp3) is 0.412. The largest absolute Gasteiger partial charge is 0.352 e. The van der Waals surface area contributed by atoms with E-state index in [1.165, 1.54) is 4.31 Å². The molecule has 140 valence electrons. The molecule has 1 aromatic heterocycles. The van der Waals surface area contributed by atoms with Crippen LogP contribution in [0.3, 0.4) is 0 Å². The Labute approximate surface area is 153 Å². The van der Waals surface area contributed by atoms with Gasteiger partial charge in [-0.25, -0.2) is 9.82 Å². The summed E-state index contributed by atoms with van der Waals surface area (Å²) in [5.74, 6) is -0.387. The van der Waals surface area contributed by atoms with Gasteiger partial charge in [-0.15, -0.1) is 0 Å². The van der Waals surface area contributed by atoms with Crippen molar-refractivity contribution >= 4 is 16.1 Å². The maximum atomic E-state index is 12.5. The van der Waals surface area contributed by atoms with Gasteiger partial charge in [-0.3, -0.25) is 4.79 Å². The molecule has 3 rings (SSSR count). The van der Waals surface area contributed by atoms with Crippen LogP contribution in [0.2, 0.25) is 0 Å². The van der Waals surface area contributed by atoms with Crippen LogP contribution in [0.1, 0.15) is 41.7 Å². The zero-order valence-corrected chi connectivity index (χ0v) is 15.4. The van der Waals surface area contributed by atoms with E-state index in [1.807, 2.05) is 37.3 Å². The molecule has 0 bridgehead atoms. The van der Waals surface area contributed by atoms with Crippen LogP contribution >= 0.6 is 0 Å². The third-order valence-electron chi connectivity index (χ3n) is 4.48. The normalized spacial score (nSPS) is 18.6. The van der Waals surface area contributed by atoms with E-state index in [9.17, 15) is 13.2 Å². The van der Waals surface area contributed by atoms with E-state index in [0.29, 0.717) is 30.8 Å². The van der Waals surface area contributed by atoms with Crippen molar-refractivity contribution in [2.45, 2.75) is 25.7 Å². The number of rotatable bonds is 5. The first-order valence-corrected chi connectivity index (χ1v) is 10.1. The second kappa shape index (κ2) is 7.56. The summed E-state index contributed by atoms with van der Waals surface area (Å²) in [5, 5.41) is 12.7. The SMILES string of the molecule is CCNC(=O)c1cn(-c2ccccc2)nc1[C@H]1CCCN(S(N)(=O)=O)C1. The van der Waals surface area contributed by atoms with Gasteiger partial charge in [-0.05, 0) is 31.9 Å². The van der Waals surface area contributed by atoms with Crippen LogP contribution in [0.15, 0.2) is 36.5 Å². The first kappa shape index (κ1) is 18.6. The maximum absolute atomic E-state index is 12.5. The average Bonchev–Trinajstić information content (AvgIpc) is 3.08. The molecular formula is C17H23N5O3S. The summed E-state index contributed by atoms with van der Waals surface area (Å²) < 4.78 is 26.3. The fourth-order valence-corrected chi connectivity index (χ4v) is 4.00. The molecule has 0 saturated carbocycles. The number of nitrogens with two attached hydrogens (primary N) is 1. The highest BCUT2D eigenvalue weighted by atomic mass is 32.2. The number of carbonyl (C=O) groups excluding carboxylic acids is 1. The molecule has 1 saturated heterocycles. The van der Waals surface area contributed by atoms with Crippen LogP contribution in [-0.4, -0.2) is 48.0 Å². The molecule has 1 aliphatic heterocycles. The van der Waals surface area contributed by atoms with Crippen molar-refractivity contribution < 1.29 is 13.2 Å². The van der Waals surface area contributed by atoms with Crippen molar-refractivity contribution in [3.63, 3.8) is 0 Å². The van der Waals surface area contributed by atoms with E-state index in [-0.39, 0.29) is 18.4 Å². The molecular weight excluding hydrogens is 354 g/mol. The van der Waals surface area contributed by atoms with E-state index in [2.05, 4.69) is 10.4 Å². The molecule has 0 radical (unpaired) electrons. The van der Waals surface area contributed by atoms with E-state index in [1.54, 1.807) is 10.9 Å². The van der Waals surface area contributed by atoms with Gasteiger partial charge >= 0.3 is 0 Å². The van der Waals surface area contributed by atoms with Crippen LogP contribution in [0.25, 0.3) is 5.69 Å². The van der Waals surface area contributed by atoms with Gasteiger partial charge in [0, 0.05) is 31.7 Å². The lowest BCUT2D eigenvalue weighted by Crippen LogP contribution is -2.43. The Balaban J connectivity index is 1.99. The van der Waals surface area contributed by atoms with Gasteiger partial charge in [-0.2, -0.15) is 17.8 Å². The maximum Gasteiger partial charge on any atom is 0.276 e. The molecule has 1 amide bonds. The lowest BCUT2D eigenvalue weighted by molar-refractivity contribution is 0.0954. The Kier molecular flexibility index (Phi) is 5.40. The molecule has 1 fully saturated rings. The van der Waals surface area contributed by atoms with Gasteiger partial charge in [0.1, 0.15) is 0 Å². The second-order valence-electron chi connectivity index (χ2n) is 6.31. The van der Waals surface area contributed by atoms with Gasteiger partial charge in [0.2, 0.25) is 0 Å². The van der Waals surface area contributed by atoms with Gasteiger partial charge in [0.25, 0.3) is 16.1 Å². The van der Waals surface area contributed by atoms with E-state index in [4.69, 9.17) is 5.14 Å². The van der Waals surface area contributed by atoms with Crippen LogP contribution < -0.4 is 10.5 Å². The van der Waals surface area contributed by atoms with Crippen molar-refractivity contribution in [1.29, 1.82) is 0 Å². The monoisotopic (exact) mass is 377 g/mol. The summed E-state index contributed by atoms with van der Waals surface area (Å²) in [6, 6.07) is 9.49. The van der Waals surface area contributed by atoms with E-state index in [0.717, 1.165) is 12.1 Å². The van der Waals surface area contributed by atoms with Crippen molar-refractivity contribution in [3.05, 3.63) is 47.8 Å². The number of para-hydroxylation sites is 1. The summed E-state index contributed by atoms with van der Waals surface area (Å²) >= 11 is 0. The first-order valence-electron chi connectivity index (χ1n) is 8.61. The van der Waals surface area contributed by atoms with Crippen LogP contribution in [0.5, 0.6) is 0 Å². The standard InChI is InChI=1S/C17H23N5O3S/c1-2-19-17(23)15-12-22(14-8-4-3-5-9-14)20-16(15)13-7-6-10-21(11-13)26(18,24)25/h3-5,8-9,12-13H,2,6-7,10-11H2,1H3,(H,19,23)(H2,18,24,25)/t13-/m0/s1. The van der Waals surface area contributed by atoms with Crippen molar-refractivity contribution in [2.75, 3.05) is 19.6 Å². The van der Waals surface area contributed by atoms with Crippen LogP contribution in [0.4, 0.5) is 0 Å². The number of benzene rings is 1. The minimum atomic E-state index is -3.76. The number of piperidine rings is 1. The van der Waals surface area contributed by atoms with E-state index < -0.39 is 10.2 Å². The summed E-state index contributed by atoms with van der Waals surface area (Å²) in [5.41, 5.74) is 1.91. The summed E-state index contributed by atoms with van der Waals surface area (Å²) in [7, 11) is -3.76. The minimum Gasteiger partial charge on any atom is -0.352 e. The van der Waals surface area contributed by atoms with E-state index >= 15 is 0 Å². The third-order valence-corrected chi connectivity index (χ3v) is 5.53. The van der Waals surface area contributed by atoms with Gasteiger partial charge in [0.05, 0.1) is 16.9 Å². The topological polar surface area (TPSA) is 110 Å². The van der Waals surface area contributed by atoms with Crippen molar-refractivity contribution in [2.24, 2.45) is 5.14 Å². The first-order chi connectivity index (χ1) is 12.4. The predicted octanol–water partition coefficient (Wildman–Crippen LogP) is 1.00. The highest BCUT2D eigenvalue weighted by molar-refractivity contribution is 7.86. The quantitative estimate of drug-likeness (QED) is 0.810. The third kappa shape index (κ3) is 3.95. The molecule has 1 aliphatic rings. The Morgan fingerprint density at radius 1 is 1.35 bits per heavy atom. The molecule has 0 aliphatic carbocycles. The molecule has 2 aromatic rings. The summed E-state index contributed by atoms with van der Waals surface area (Å²) in [4.78, 5) is 12.5. The highest BCUT2D eigenvalue weighted by Crippen LogP contribution is 2.29. The van der Waals surface area contributed by atoms with Gasteiger partial charge in [0.15, 0.2) is 0 Å². The Bertz CT molecular complexity index is 879. The number of aromatic nitrogens is 2. The number of hydrogen-bond acceptors (Lipinski definition) is 4. The molecule has 8 nitrogen and oxygen atoms in total. The molecule has 0 unspecified atom stereocenters. The smallest absolute Gasteiger partial charge is 0.276 e. The molecule has 3 N–H and O–H groups in total. The number of hydrogen-bond donors (Lipinski definition) is 2. The minimum absolute atomic E-state index is 0.176.